The molecule has 1 fully saturated rings. The van der Waals surface area contributed by atoms with E-state index >= 15 is 0 Å². The number of alkyl halides is 3. The molecular formula is C16H16F3N5O. The van der Waals surface area contributed by atoms with E-state index in [0.717, 1.165) is 0 Å². The van der Waals surface area contributed by atoms with Crippen LogP contribution in [0.3, 0.4) is 0 Å². The molecule has 0 unspecified atom stereocenters. The molecule has 0 bridgehead atoms. The number of rotatable bonds is 2. The van der Waals surface area contributed by atoms with E-state index in [1.165, 1.54) is 10.6 Å². The molecule has 132 valence electrons. The number of imidazole rings is 1. The van der Waals surface area contributed by atoms with Crippen molar-refractivity contribution in [3.63, 3.8) is 0 Å². The maximum absolute atomic E-state index is 13.5. The summed E-state index contributed by atoms with van der Waals surface area (Å²) in [5.41, 5.74) is 5.39. The Morgan fingerprint density at radius 2 is 2.12 bits per heavy atom. The van der Waals surface area contributed by atoms with Gasteiger partial charge in [-0.2, -0.15) is 13.2 Å². The van der Waals surface area contributed by atoms with Crippen molar-refractivity contribution in [3.8, 4) is 0 Å². The summed E-state index contributed by atoms with van der Waals surface area (Å²) in [6.07, 6.45) is -0.819. The molecule has 0 radical (unpaired) electrons. The molecule has 1 aliphatic rings. The zero-order valence-electron chi connectivity index (χ0n) is 13.3. The number of hydrogen-bond donors (Lipinski definition) is 2. The van der Waals surface area contributed by atoms with Crippen LogP contribution in [-0.4, -0.2) is 25.3 Å². The zero-order chi connectivity index (χ0) is 17.9. The summed E-state index contributed by atoms with van der Waals surface area (Å²) in [5, 5.41) is 0. The van der Waals surface area contributed by atoms with E-state index in [1.807, 2.05) is 6.92 Å². The van der Waals surface area contributed by atoms with Crippen molar-refractivity contribution < 1.29 is 18.0 Å². The van der Waals surface area contributed by atoms with Gasteiger partial charge in [0.2, 0.25) is 5.91 Å². The summed E-state index contributed by atoms with van der Waals surface area (Å²) in [6.45, 7) is 1.91. The quantitative estimate of drug-likeness (QED) is 0.744. The standard InChI is InChI=1S/C16H16F3N5O/c1-7-4-8(13(20)25)5-9(7)15-23-12(16(17,18)19)11-6-22-14-10(24(11)15)2-3-21-14/h2-3,6-9,21H,4-5H2,1H3,(H2,20,25)/t7-,8+,9+/m1/s1. The average Bonchev–Trinajstić information content (AvgIpc) is 3.20. The van der Waals surface area contributed by atoms with Crippen molar-refractivity contribution in [1.82, 2.24) is 19.4 Å². The highest BCUT2D eigenvalue weighted by molar-refractivity contribution is 5.78. The monoisotopic (exact) mass is 351 g/mol. The lowest BCUT2D eigenvalue weighted by atomic mass is 9.97. The number of halogens is 3. The fourth-order valence-corrected chi connectivity index (χ4v) is 3.88. The van der Waals surface area contributed by atoms with Crippen LogP contribution in [0.4, 0.5) is 13.2 Å². The number of hydrogen-bond acceptors (Lipinski definition) is 3. The van der Waals surface area contributed by atoms with Gasteiger partial charge in [0.25, 0.3) is 0 Å². The second-order valence-electron chi connectivity index (χ2n) is 6.66. The van der Waals surface area contributed by atoms with Gasteiger partial charge in [0.1, 0.15) is 5.82 Å². The highest BCUT2D eigenvalue weighted by Crippen LogP contribution is 2.44. The lowest BCUT2D eigenvalue weighted by Crippen LogP contribution is -2.20. The largest absolute Gasteiger partial charge is 0.435 e. The number of nitrogens with zero attached hydrogens (tertiary/aromatic N) is 3. The first-order valence-corrected chi connectivity index (χ1v) is 7.98. The molecule has 9 heteroatoms. The molecule has 0 saturated heterocycles. The SMILES string of the molecule is C[C@@H]1C[C@H](C(N)=O)C[C@@H]1c1nc(C(F)(F)F)c2cnc3[nH]ccc3n12. The highest BCUT2D eigenvalue weighted by Gasteiger charge is 2.42. The van der Waals surface area contributed by atoms with Gasteiger partial charge in [-0.1, -0.05) is 6.92 Å². The Kier molecular flexibility index (Phi) is 3.32. The van der Waals surface area contributed by atoms with Gasteiger partial charge in [-0.3, -0.25) is 9.20 Å². The van der Waals surface area contributed by atoms with Crippen LogP contribution < -0.4 is 5.73 Å². The van der Waals surface area contributed by atoms with Gasteiger partial charge in [0.05, 0.1) is 17.2 Å². The summed E-state index contributed by atoms with van der Waals surface area (Å²) in [7, 11) is 0. The minimum absolute atomic E-state index is 0.00587. The molecule has 1 saturated carbocycles. The first kappa shape index (κ1) is 15.9. The van der Waals surface area contributed by atoms with E-state index in [9.17, 15) is 18.0 Å². The fourth-order valence-electron chi connectivity index (χ4n) is 3.88. The van der Waals surface area contributed by atoms with Crippen LogP contribution in [0.15, 0.2) is 18.5 Å². The number of amides is 1. The summed E-state index contributed by atoms with van der Waals surface area (Å²) >= 11 is 0. The van der Waals surface area contributed by atoms with Crippen molar-refractivity contribution in [2.75, 3.05) is 0 Å². The van der Waals surface area contributed by atoms with Crippen LogP contribution in [0.2, 0.25) is 0 Å². The van der Waals surface area contributed by atoms with Crippen molar-refractivity contribution >= 4 is 22.6 Å². The van der Waals surface area contributed by atoms with Crippen LogP contribution in [0.25, 0.3) is 16.7 Å². The van der Waals surface area contributed by atoms with Gasteiger partial charge in [-0.05, 0) is 24.8 Å². The predicted octanol–water partition coefficient (Wildman–Crippen LogP) is 2.84. The minimum Gasteiger partial charge on any atom is -0.369 e. The fraction of sp³-hybridized carbons (Fsp3) is 0.438. The van der Waals surface area contributed by atoms with Crippen LogP contribution in [0.5, 0.6) is 0 Å². The molecule has 3 N–H and O–H groups in total. The molecule has 1 amide bonds. The number of primary amides is 1. The van der Waals surface area contributed by atoms with Gasteiger partial charge in [-0.15, -0.1) is 0 Å². The second-order valence-corrected chi connectivity index (χ2v) is 6.66. The van der Waals surface area contributed by atoms with Crippen molar-refractivity contribution in [2.45, 2.75) is 31.9 Å². The number of carbonyl (C=O) groups is 1. The Labute approximate surface area is 140 Å². The zero-order valence-corrected chi connectivity index (χ0v) is 13.3. The third kappa shape index (κ3) is 2.37. The van der Waals surface area contributed by atoms with Crippen LogP contribution in [0.1, 0.15) is 37.2 Å². The Morgan fingerprint density at radius 1 is 1.36 bits per heavy atom. The third-order valence-corrected chi connectivity index (χ3v) is 5.08. The van der Waals surface area contributed by atoms with Crippen LogP contribution in [-0.2, 0) is 11.0 Å². The van der Waals surface area contributed by atoms with Crippen molar-refractivity contribution in [2.24, 2.45) is 17.6 Å². The number of aromatic nitrogens is 4. The molecule has 0 spiro atoms. The van der Waals surface area contributed by atoms with E-state index < -0.39 is 17.8 Å². The number of nitrogens with one attached hydrogen (secondary N) is 1. The molecule has 6 nitrogen and oxygen atoms in total. The summed E-state index contributed by atoms with van der Waals surface area (Å²) in [6, 6.07) is 1.67. The van der Waals surface area contributed by atoms with E-state index in [-0.39, 0.29) is 23.3 Å². The van der Waals surface area contributed by atoms with E-state index in [2.05, 4.69) is 15.0 Å². The molecule has 25 heavy (non-hydrogen) atoms. The number of H-pyrrole nitrogens is 1. The highest BCUT2D eigenvalue weighted by atomic mass is 19.4. The van der Waals surface area contributed by atoms with Gasteiger partial charge in [0.15, 0.2) is 11.3 Å². The maximum atomic E-state index is 13.5. The molecule has 3 aromatic rings. The third-order valence-electron chi connectivity index (χ3n) is 5.08. The first-order chi connectivity index (χ1) is 11.8. The molecule has 3 heterocycles. The molecule has 0 aromatic carbocycles. The predicted molar refractivity (Wildman–Crippen MR) is 83.7 cm³/mol. The minimum atomic E-state index is -4.58. The molecule has 1 aliphatic carbocycles. The van der Waals surface area contributed by atoms with Gasteiger partial charge in [-0.25, -0.2) is 9.97 Å². The van der Waals surface area contributed by atoms with Gasteiger partial charge >= 0.3 is 6.18 Å². The van der Waals surface area contributed by atoms with Gasteiger partial charge in [0, 0.05) is 18.0 Å². The summed E-state index contributed by atoms with van der Waals surface area (Å²) in [5.74, 6) is -0.719. The molecule has 0 aliphatic heterocycles. The maximum Gasteiger partial charge on any atom is 0.435 e. The van der Waals surface area contributed by atoms with Crippen molar-refractivity contribution in [1.29, 1.82) is 0 Å². The van der Waals surface area contributed by atoms with Crippen LogP contribution >= 0.6 is 0 Å². The molecule has 3 aromatic heterocycles. The Balaban J connectivity index is 1.97. The van der Waals surface area contributed by atoms with E-state index in [1.54, 1.807) is 12.3 Å². The summed E-state index contributed by atoms with van der Waals surface area (Å²) in [4.78, 5) is 22.4. The number of fused-ring (bicyclic) bond motifs is 3. The second kappa shape index (κ2) is 5.21. The molecule has 4 rings (SSSR count). The number of nitrogens with two attached hydrogens (primary N) is 1. The Morgan fingerprint density at radius 3 is 2.76 bits per heavy atom. The average molecular weight is 351 g/mol. The number of aromatic amines is 1. The first-order valence-electron chi connectivity index (χ1n) is 7.98. The topological polar surface area (TPSA) is 89.1 Å². The lowest BCUT2D eigenvalue weighted by Gasteiger charge is -2.14. The molecule has 3 atom stereocenters. The summed E-state index contributed by atoms with van der Waals surface area (Å²) < 4.78 is 41.9. The van der Waals surface area contributed by atoms with E-state index in [4.69, 9.17) is 5.73 Å². The lowest BCUT2D eigenvalue weighted by molar-refractivity contribution is -0.139. The van der Waals surface area contributed by atoms with Crippen molar-refractivity contribution in [3.05, 3.63) is 30.0 Å². The Bertz CT molecular complexity index is 973. The normalized spacial score (nSPS) is 24.4. The Hall–Kier alpha value is -2.58. The van der Waals surface area contributed by atoms with E-state index in [0.29, 0.717) is 29.8 Å². The van der Waals surface area contributed by atoms with Gasteiger partial charge < -0.3 is 10.7 Å². The molecular weight excluding hydrogens is 335 g/mol. The van der Waals surface area contributed by atoms with Crippen LogP contribution in [0, 0.1) is 11.8 Å². The smallest absolute Gasteiger partial charge is 0.369 e. The number of carbonyl (C=O) groups excluding carboxylic acids is 1.